The fraction of sp³-hybridized carbons (Fsp3) is 0.438. The summed E-state index contributed by atoms with van der Waals surface area (Å²) in [5.41, 5.74) is 0.638. The molecule has 0 aliphatic carbocycles. The number of nitrogens with zero attached hydrogens (tertiary/aromatic N) is 3. The summed E-state index contributed by atoms with van der Waals surface area (Å²) in [7, 11) is 1.84. The number of rotatable bonds is 5. The van der Waals surface area contributed by atoms with E-state index in [1.54, 1.807) is 0 Å². The van der Waals surface area contributed by atoms with Crippen molar-refractivity contribution in [3.63, 3.8) is 0 Å². The highest BCUT2D eigenvalue weighted by Gasteiger charge is 2.17. The normalized spacial score (nSPS) is 11.7. The van der Waals surface area contributed by atoms with Crippen LogP contribution in [0.2, 0.25) is 0 Å². The standard InChI is InChI=1S/C16H21BrN4O2/c1-16(2,3)19-13(22)9-21(4)10-14-18-15(20-23-14)11-6-5-7-12(17)8-11/h5-8H,9-10H2,1-4H3,(H,19,22). The Morgan fingerprint density at radius 3 is 2.78 bits per heavy atom. The molecule has 0 saturated carbocycles. The van der Waals surface area contributed by atoms with E-state index < -0.39 is 0 Å². The zero-order valence-electron chi connectivity index (χ0n) is 13.8. The summed E-state index contributed by atoms with van der Waals surface area (Å²) in [5, 5.41) is 6.91. The van der Waals surface area contributed by atoms with Gasteiger partial charge in [-0.2, -0.15) is 4.98 Å². The molecule has 1 aromatic carbocycles. The van der Waals surface area contributed by atoms with Crippen LogP contribution in [-0.4, -0.2) is 40.1 Å². The quantitative estimate of drug-likeness (QED) is 0.863. The second-order valence-electron chi connectivity index (χ2n) is 6.49. The van der Waals surface area contributed by atoms with Crippen molar-refractivity contribution in [2.24, 2.45) is 0 Å². The molecule has 6 nitrogen and oxygen atoms in total. The number of hydrogen-bond acceptors (Lipinski definition) is 5. The van der Waals surface area contributed by atoms with Crippen molar-refractivity contribution in [1.29, 1.82) is 0 Å². The maximum Gasteiger partial charge on any atom is 0.241 e. The van der Waals surface area contributed by atoms with Crippen molar-refractivity contribution in [2.75, 3.05) is 13.6 Å². The lowest BCUT2D eigenvalue weighted by molar-refractivity contribution is -0.123. The van der Waals surface area contributed by atoms with Gasteiger partial charge in [-0.3, -0.25) is 9.69 Å². The van der Waals surface area contributed by atoms with Crippen LogP contribution in [0.3, 0.4) is 0 Å². The lowest BCUT2D eigenvalue weighted by Crippen LogP contribution is -2.45. The molecule has 7 heteroatoms. The highest BCUT2D eigenvalue weighted by Crippen LogP contribution is 2.20. The molecule has 124 valence electrons. The molecule has 0 spiro atoms. The fourth-order valence-electron chi connectivity index (χ4n) is 2.05. The Labute approximate surface area is 144 Å². The van der Waals surface area contributed by atoms with Gasteiger partial charge in [-0.15, -0.1) is 0 Å². The van der Waals surface area contributed by atoms with Gasteiger partial charge in [-0.05, 0) is 40.0 Å². The molecule has 0 unspecified atom stereocenters. The van der Waals surface area contributed by atoms with Gasteiger partial charge in [0.1, 0.15) is 0 Å². The number of likely N-dealkylation sites (N-methyl/N-ethyl adjacent to an activating group) is 1. The molecular weight excluding hydrogens is 360 g/mol. The number of benzene rings is 1. The average Bonchev–Trinajstić information content (AvgIpc) is 2.84. The van der Waals surface area contributed by atoms with Gasteiger partial charge in [0.05, 0.1) is 13.1 Å². The summed E-state index contributed by atoms with van der Waals surface area (Å²) in [6.07, 6.45) is 0. The highest BCUT2D eigenvalue weighted by molar-refractivity contribution is 9.10. The molecule has 0 fully saturated rings. The number of carbonyl (C=O) groups is 1. The second-order valence-corrected chi connectivity index (χ2v) is 7.41. The van der Waals surface area contributed by atoms with Crippen molar-refractivity contribution in [1.82, 2.24) is 20.4 Å². The molecule has 2 aromatic rings. The third-order valence-corrected chi connectivity index (χ3v) is 3.38. The Kier molecular flexibility index (Phi) is 5.54. The first-order valence-corrected chi connectivity index (χ1v) is 8.10. The van der Waals surface area contributed by atoms with Crippen molar-refractivity contribution < 1.29 is 9.32 Å². The average molecular weight is 381 g/mol. The van der Waals surface area contributed by atoms with Crippen LogP contribution in [-0.2, 0) is 11.3 Å². The van der Waals surface area contributed by atoms with Crippen LogP contribution in [0.1, 0.15) is 26.7 Å². The topological polar surface area (TPSA) is 71.3 Å². The van der Waals surface area contributed by atoms with Gasteiger partial charge in [0.25, 0.3) is 0 Å². The summed E-state index contributed by atoms with van der Waals surface area (Å²) >= 11 is 3.42. The Morgan fingerprint density at radius 2 is 2.13 bits per heavy atom. The minimum absolute atomic E-state index is 0.0354. The first-order valence-electron chi connectivity index (χ1n) is 7.31. The van der Waals surface area contributed by atoms with E-state index in [9.17, 15) is 4.79 Å². The van der Waals surface area contributed by atoms with Crippen LogP contribution >= 0.6 is 15.9 Å². The molecule has 0 aliphatic rings. The molecule has 1 aromatic heterocycles. The highest BCUT2D eigenvalue weighted by atomic mass is 79.9. The van der Waals surface area contributed by atoms with E-state index in [0.29, 0.717) is 18.3 Å². The number of aromatic nitrogens is 2. The van der Waals surface area contributed by atoms with Crippen LogP contribution in [0.25, 0.3) is 11.4 Å². The molecule has 1 N–H and O–H groups in total. The van der Waals surface area contributed by atoms with Crippen LogP contribution < -0.4 is 5.32 Å². The van der Waals surface area contributed by atoms with E-state index in [4.69, 9.17) is 4.52 Å². The molecule has 0 atom stereocenters. The summed E-state index contributed by atoms with van der Waals surface area (Å²) in [5.74, 6) is 0.978. The Hall–Kier alpha value is -1.73. The van der Waals surface area contributed by atoms with Crippen molar-refractivity contribution in [3.8, 4) is 11.4 Å². The second kappa shape index (κ2) is 7.23. The maximum atomic E-state index is 11.9. The minimum Gasteiger partial charge on any atom is -0.350 e. The molecule has 0 radical (unpaired) electrons. The molecular formula is C16H21BrN4O2. The van der Waals surface area contributed by atoms with Crippen LogP contribution in [0.4, 0.5) is 0 Å². The summed E-state index contributed by atoms with van der Waals surface area (Å²) in [4.78, 5) is 18.1. The molecule has 0 bridgehead atoms. The van der Waals surface area contributed by atoms with Crippen LogP contribution in [0.5, 0.6) is 0 Å². The molecule has 0 saturated heterocycles. The van der Waals surface area contributed by atoms with Crippen molar-refractivity contribution in [2.45, 2.75) is 32.9 Å². The number of halogens is 1. The predicted molar refractivity (Wildman–Crippen MR) is 91.7 cm³/mol. The summed E-state index contributed by atoms with van der Waals surface area (Å²) in [6, 6.07) is 7.69. The third-order valence-electron chi connectivity index (χ3n) is 2.88. The van der Waals surface area contributed by atoms with E-state index >= 15 is 0 Å². The molecule has 1 heterocycles. The fourth-order valence-corrected chi connectivity index (χ4v) is 2.45. The van der Waals surface area contributed by atoms with Crippen LogP contribution in [0, 0.1) is 0 Å². The van der Waals surface area contributed by atoms with Crippen molar-refractivity contribution >= 4 is 21.8 Å². The van der Waals surface area contributed by atoms with E-state index in [2.05, 4.69) is 31.4 Å². The zero-order valence-corrected chi connectivity index (χ0v) is 15.3. The van der Waals surface area contributed by atoms with E-state index in [0.717, 1.165) is 10.0 Å². The van der Waals surface area contributed by atoms with Crippen molar-refractivity contribution in [3.05, 3.63) is 34.6 Å². The zero-order chi connectivity index (χ0) is 17.0. The van der Waals surface area contributed by atoms with Gasteiger partial charge < -0.3 is 9.84 Å². The monoisotopic (exact) mass is 380 g/mol. The minimum atomic E-state index is -0.240. The van der Waals surface area contributed by atoms with Crippen LogP contribution in [0.15, 0.2) is 33.3 Å². The van der Waals surface area contributed by atoms with Gasteiger partial charge in [0, 0.05) is 15.6 Å². The number of nitrogens with one attached hydrogen (secondary N) is 1. The maximum absolute atomic E-state index is 11.9. The SMILES string of the molecule is CN(CC(=O)NC(C)(C)C)Cc1nc(-c2cccc(Br)c2)no1. The molecule has 23 heavy (non-hydrogen) atoms. The van der Waals surface area contributed by atoms with Gasteiger partial charge in [0.2, 0.25) is 17.6 Å². The first-order chi connectivity index (χ1) is 10.7. The summed E-state index contributed by atoms with van der Waals surface area (Å²) < 4.78 is 6.22. The molecule has 0 aliphatic heterocycles. The lowest BCUT2D eigenvalue weighted by Gasteiger charge is -2.22. The lowest BCUT2D eigenvalue weighted by atomic mass is 10.1. The largest absolute Gasteiger partial charge is 0.350 e. The molecule has 1 amide bonds. The first kappa shape index (κ1) is 17.6. The smallest absolute Gasteiger partial charge is 0.241 e. The Morgan fingerprint density at radius 1 is 1.39 bits per heavy atom. The number of hydrogen-bond donors (Lipinski definition) is 1. The van der Waals surface area contributed by atoms with E-state index in [1.165, 1.54) is 0 Å². The number of carbonyl (C=O) groups excluding carboxylic acids is 1. The Balaban J connectivity index is 1.95. The van der Waals surface area contributed by atoms with Gasteiger partial charge in [-0.1, -0.05) is 33.2 Å². The van der Waals surface area contributed by atoms with Gasteiger partial charge >= 0.3 is 0 Å². The van der Waals surface area contributed by atoms with Gasteiger partial charge in [0.15, 0.2) is 0 Å². The third kappa shape index (κ3) is 5.76. The van der Waals surface area contributed by atoms with Gasteiger partial charge in [-0.25, -0.2) is 0 Å². The molecule has 2 rings (SSSR count). The number of amides is 1. The predicted octanol–water partition coefficient (Wildman–Crippen LogP) is 2.85. The Bertz CT molecular complexity index is 679. The summed E-state index contributed by atoms with van der Waals surface area (Å²) in [6.45, 7) is 6.54. The van der Waals surface area contributed by atoms with E-state index in [-0.39, 0.29) is 18.0 Å². The van der Waals surface area contributed by atoms with E-state index in [1.807, 2.05) is 57.0 Å².